The molecule has 0 saturated carbocycles. The smallest absolute Gasteiger partial charge is 0.126 e. The molecule has 0 spiro atoms. The average molecular weight is 257 g/mol. The van der Waals surface area contributed by atoms with Crippen molar-refractivity contribution < 1.29 is 9.47 Å². The van der Waals surface area contributed by atoms with Crippen molar-refractivity contribution in [2.24, 2.45) is 0 Å². The number of para-hydroxylation sites is 1. The van der Waals surface area contributed by atoms with Gasteiger partial charge in [-0.25, -0.2) is 0 Å². The maximum atomic E-state index is 5.41. The largest absolute Gasteiger partial charge is 0.496 e. The van der Waals surface area contributed by atoms with E-state index in [9.17, 15) is 0 Å². The van der Waals surface area contributed by atoms with Crippen LogP contribution in [0, 0.1) is 0 Å². The molecule has 1 N–H and O–H groups in total. The lowest BCUT2D eigenvalue weighted by Gasteiger charge is -2.12. The van der Waals surface area contributed by atoms with Crippen LogP contribution < -0.4 is 14.8 Å². The molecule has 19 heavy (non-hydrogen) atoms. The number of methoxy groups -OCH3 is 2. The summed E-state index contributed by atoms with van der Waals surface area (Å²) in [7, 11) is 5.31. The molecule has 0 amide bonds. The van der Waals surface area contributed by atoms with Gasteiger partial charge in [0, 0.05) is 17.7 Å². The Kier molecular flexibility index (Phi) is 4.42. The molecule has 0 aliphatic carbocycles. The predicted molar refractivity (Wildman–Crippen MR) is 77.7 cm³/mol. The van der Waals surface area contributed by atoms with Crippen LogP contribution >= 0.6 is 0 Å². The van der Waals surface area contributed by atoms with Crippen molar-refractivity contribution in [1.29, 1.82) is 0 Å². The fourth-order valence-corrected chi connectivity index (χ4v) is 2.16. The summed E-state index contributed by atoms with van der Waals surface area (Å²) in [6.07, 6.45) is 0. The lowest BCUT2D eigenvalue weighted by molar-refractivity contribution is 0.408. The second kappa shape index (κ2) is 6.25. The molecule has 0 aromatic heterocycles. The maximum Gasteiger partial charge on any atom is 0.126 e. The Labute approximate surface area is 114 Å². The van der Waals surface area contributed by atoms with Crippen molar-refractivity contribution >= 4 is 0 Å². The summed E-state index contributed by atoms with van der Waals surface area (Å²) in [6.45, 7) is 0.770. The first-order chi connectivity index (χ1) is 9.30. The van der Waals surface area contributed by atoms with Crippen LogP contribution in [0.25, 0.3) is 11.1 Å². The highest BCUT2D eigenvalue weighted by atomic mass is 16.5. The highest BCUT2D eigenvalue weighted by Crippen LogP contribution is 2.32. The van der Waals surface area contributed by atoms with E-state index in [0.717, 1.165) is 34.7 Å². The van der Waals surface area contributed by atoms with Crippen LogP contribution in [0.15, 0.2) is 42.5 Å². The molecule has 2 aromatic carbocycles. The summed E-state index contributed by atoms with van der Waals surface area (Å²) in [5.74, 6) is 1.77. The van der Waals surface area contributed by atoms with Crippen molar-refractivity contribution in [3.05, 3.63) is 48.0 Å². The third kappa shape index (κ3) is 2.88. The number of benzene rings is 2. The van der Waals surface area contributed by atoms with Gasteiger partial charge in [-0.2, -0.15) is 0 Å². The van der Waals surface area contributed by atoms with E-state index in [0.29, 0.717) is 0 Å². The average Bonchev–Trinajstić information content (AvgIpc) is 2.47. The molecule has 0 bridgehead atoms. The Bertz CT molecular complexity index is 552. The van der Waals surface area contributed by atoms with Crippen molar-refractivity contribution in [1.82, 2.24) is 5.32 Å². The molecular weight excluding hydrogens is 238 g/mol. The molecule has 0 aliphatic heterocycles. The molecule has 0 aliphatic rings. The van der Waals surface area contributed by atoms with Gasteiger partial charge in [0.05, 0.1) is 14.2 Å². The summed E-state index contributed by atoms with van der Waals surface area (Å²) < 4.78 is 10.8. The van der Waals surface area contributed by atoms with Crippen molar-refractivity contribution in [3.63, 3.8) is 0 Å². The van der Waals surface area contributed by atoms with Gasteiger partial charge in [0.25, 0.3) is 0 Å². The van der Waals surface area contributed by atoms with Gasteiger partial charge < -0.3 is 14.8 Å². The van der Waals surface area contributed by atoms with Crippen LogP contribution in [0.4, 0.5) is 0 Å². The van der Waals surface area contributed by atoms with Crippen molar-refractivity contribution in [3.8, 4) is 22.6 Å². The summed E-state index contributed by atoms with van der Waals surface area (Å²) in [5, 5.41) is 3.15. The van der Waals surface area contributed by atoms with Crippen LogP contribution in [0.3, 0.4) is 0 Å². The number of hydrogen-bond donors (Lipinski definition) is 1. The zero-order valence-electron chi connectivity index (χ0n) is 11.6. The monoisotopic (exact) mass is 257 g/mol. The van der Waals surface area contributed by atoms with Gasteiger partial charge in [0.15, 0.2) is 0 Å². The summed E-state index contributed by atoms with van der Waals surface area (Å²) in [5.41, 5.74) is 3.35. The summed E-state index contributed by atoms with van der Waals surface area (Å²) in [4.78, 5) is 0. The first-order valence-corrected chi connectivity index (χ1v) is 6.25. The van der Waals surface area contributed by atoms with E-state index in [4.69, 9.17) is 9.47 Å². The first kappa shape index (κ1) is 13.4. The highest BCUT2D eigenvalue weighted by molar-refractivity contribution is 5.71. The normalized spacial score (nSPS) is 10.3. The van der Waals surface area contributed by atoms with Crippen molar-refractivity contribution in [2.75, 3.05) is 21.3 Å². The molecule has 2 rings (SSSR count). The fraction of sp³-hybridized carbons (Fsp3) is 0.250. The van der Waals surface area contributed by atoms with Gasteiger partial charge in [0.2, 0.25) is 0 Å². The molecule has 2 aromatic rings. The van der Waals surface area contributed by atoms with E-state index < -0.39 is 0 Å². The van der Waals surface area contributed by atoms with Gasteiger partial charge >= 0.3 is 0 Å². The topological polar surface area (TPSA) is 30.5 Å². The minimum atomic E-state index is 0.770. The molecule has 0 unspecified atom stereocenters. The van der Waals surface area contributed by atoms with E-state index in [2.05, 4.69) is 23.5 Å². The van der Waals surface area contributed by atoms with E-state index >= 15 is 0 Å². The Hall–Kier alpha value is -2.00. The highest BCUT2D eigenvalue weighted by Gasteiger charge is 2.08. The Morgan fingerprint density at radius 2 is 1.68 bits per heavy atom. The summed E-state index contributed by atoms with van der Waals surface area (Å²) >= 11 is 0. The van der Waals surface area contributed by atoms with Gasteiger partial charge in [-0.1, -0.05) is 24.3 Å². The van der Waals surface area contributed by atoms with Crippen LogP contribution in [0.5, 0.6) is 11.5 Å². The molecule has 0 radical (unpaired) electrons. The van der Waals surface area contributed by atoms with E-state index in [1.165, 1.54) is 0 Å². The van der Waals surface area contributed by atoms with Crippen LogP contribution in [-0.4, -0.2) is 21.3 Å². The number of ether oxygens (including phenoxy) is 2. The Morgan fingerprint density at radius 1 is 0.947 bits per heavy atom. The van der Waals surface area contributed by atoms with Gasteiger partial charge in [-0.3, -0.25) is 0 Å². The van der Waals surface area contributed by atoms with Crippen LogP contribution in [0.2, 0.25) is 0 Å². The number of hydrogen-bond acceptors (Lipinski definition) is 3. The van der Waals surface area contributed by atoms with Gasteiger partial charge in [-0.05, 0) is 30.8 Å². The maximum absolute atomic E-state index is 5.41. The van der Waals surface area contributed by atoms with E-state index in [1.54, 1.807) is 14.2 Å². The fourth-order valence-electron chi connectivity index (χ4n) is 2.16. The predicted octanol–water partition coefficient (Wildman–Crippen LogP) is 3.09. The third-order valence-electron chi connectivity index (χ3n) is 3.07. The van der Waals surface area contributed by atoms with Gasteiger partial charge in [0.1, 0.15) is 11.5 Å². The minimum Gasteiger partial charge on any atom is -0.496 e. The van der Waals surface area contributed by atoms with E-state index in [-0.39, 0.29) is 0 Å². The SMILES string of the molecule is CNCc1cc(-c2ccccc2OC)ccc1OC. The molecule has 0 heterocycles. The zero-order valence-corrected chi connectivity index (χ0v) is 11.6. The van der Waals surface area contributed by atoms with Crippen LogP contribution in [-0.2, 0) is 6.54 Å². The first-order valence-electron chi connectivity index (χ1n) is 6.25. The van der Waals surface area contributed by atoms with Gasteiger partial charge in [-0.15, -0.1) is 0 Å². The zero-order chi connectivity index (χ0) is 13.7. The molecule has 3 nitrogen and oxygen atoms in total. The molecular formula is C16H19NO2. The van der Waals surface area contributed by atoms with Crippen molar-refractivity contribution in [2.45, 2.75) is 6.54 Å². The molecule has 0 atom stereocenters. The quantitative estimate of drug-likeness (QED) is 0.893. The lowest BCUT2D eigenvalue weighted by Crippen LogP contribution is -2.06. The number of rotatable bonds is 5. The Balaban J connectivity index is 2.47. The van der Waals surface area contributed by atoms with E-state index in [1.807, 2.05) is 31.3 Å². The molecule has 100 valence electrons. The molecule has 0 saturated heterocycles. The second-order valence-corrected chi connectivity index (χ2v) is 4.26. The molecule has 3 heteroatoms. The molecule has 0 fully saturated rings. The lowest BCUT2D eigenvalue weighted by atomic mass is 10.0. The number of nitrogens with one attached hydrogen (secondary N) is 1. The van der Waals surface area contributed by atoms with Crippen LogP contribution in [0.1, 0.15) is 5.56 Å². The second-order valence-electron chi connectivity index (χ2n) is 4.26. The standard InChI is InChI=1S/C16H19NO2/c1-17-11-13-10-12(8-9-15(13)18-2)14-6-4-5-7-16(14)19-3/h4-10,17H,11H2,1-3H3. The Morgan fingerprint density at radius 3 is 2.37 bits per heavy atom. The third-order valence-corrected chi connectivity index (χ3v) is 3.07. The minimum absolute atomic E-state index is 0.770. The summed E-state index contributed by atoms with van der Waals surface area (Å²) in [6, 6.07) is 14.2.